The molecule has 1 fully saturated rings. The van der Waals surface area contributed by atoms with E-state index in [1.165, 1.54) is 25.9 Å². The highest BCUT2D eigenvalue weighted by Crippen LogP contribution is 2.13. The summed E-state index contributed by atoms with van der Waals surface area (Å²) in [6.45, 7) is 5.42. The van der Waals surface area contributed by atoms with E-state index >= 15 is 0 Å². The molecule has 0 spiro atoms. The molecule has 1 unspecified atom stereocenters. The number of nitrogens with one attached hydrogen (secondary N) is 1. The van der Waals surface area contributed by atoms with Gasteiger partial charge in [0.05, 0.1) is 0 Å². The minimum atomic E-state index is 0.277. The molecule has 5 nitrogen and oxygen atoms in total. The molecule has 1 aromatic rings. The topological polar surface area (TPSA) is 67.1 Å². The lowest BCUT2D eigenvalue weighted by Crippen LogP contribution is -2.36. The van der Waals surface area contributed by atoms with Gasteiger partial charge in [-0.3, -0.25) is 4.90 Å². The van der Waals surface area contributed by atoms with Gasteiger partial charge in [0.25, 0.3) is 0 Å². The van der Waals surface area contributed by atoms with Crippen LogP contribution in [0.4, 0.5) is 5.82 Å². The summed E-state index contributed by atoms with van der Waals surface area (Å²) < 4.78 is 0. The van der Waals surface area contributed by atoms with E-state index in [0.29, 0.717) is 17.6 Å². The number of hydrogen-bond acceptors (Lipinski definition) is 5. The van der Waals surface area contributed by atoms with Crippen LogP contribution in [0.2, 0.25) is 0 Å². The molecule has 1 aliphatic rings. The molecule has 1 aromatic heterocycles. The molecule has 98 valence electrons. The highest BCUT2D eigenvalue weighted by Gasteiger charge is 2.18. The molecule has 0 aromatic carbocycles. The van der Waals surface area contributed by atoms with Gasteiger partial charge in [0, 0.05) is 25.0 Å². The molecule has 6 heteroatoms. The van der Waals surface area contributed by atoms with Gasteiger partial charge >= 0.3 is 0 Å². The van der Waals surface area contributed by atoms with Gasteiger partial charge in [0.1, 0.15) is 10.7 Å². The summed E-state index contributed by atoms with van der Waals surface area (Å²) >= 11 is 4.96. The van der Waals surface area contributed by atoms with Crippen LogP contribution in [-0.4, -0.2) is 45.5 Å². The lowest BCUT2D eigenvalue weighted by molar-refractivity contribution is 0.269. The number of aromatic nitrogens is 2. The average molecular weight is 265 g/mol. The maximum absolute atomic E-state index is 5.62. The first-order chi connectivity index (χ1) is 8.68. The van der Waals surface area contributed by atoms with Gasteiger partial charge in [0.2, 0.25) is 0 Å². The van der Waals surface area contributed by atoms with Gasteiger partial charge in [-0.1, -0.05) is 12.2 Å². The first kappa shape index (κ1) is 13.2. The molecule has 1 saturated heterocycles. The summed E-state index contributed by atoms with van der Waals surface area (Å²) in [6.07, 6.45) is 5.84. The Morgan fingerprint density at radius 3 is 2.78 bits per heavy atom. The van der Waals surface area contributed by atoms with Crippen molar-refractivity contribution in [3.63, 3.8) is 0 Å². The predicted octanol–water partition coefficient (Wildman–Crippen LogP) is 1.01. The lowest BCUT2D eigenvalue weighted by Gasteiger charge is -2.24. The van der Waals surface area contributed by atoms with E-state index in [1.807, 2.05) is 0 Å². The Kier molecular flexibility index (Phi) is 4.43. The fourth-order valence-electron chi connectivity index (χ4n) is 2.20. The normalized spacial score (nSPS) is 17.6. The zero-order valence-corrected chi connectivity index (χ0v) is 11.4. The zero-order chi connectivity index (χ0) is 13.0. The Balaban J connectivity index is 1.95. The SMILES string of the molecule is CC(CNc1nccnc1C(N)=S)N1CCCC1. The Labute approximate surface area is 113 Å². The molecular formula is C12H19N5S. The number of rotatable bonds is 5. The van der Waals surface area contributed by atoms with E-state index in [4.69, 9.17) is 18.0 Å². The standard InChI is InChI=1S/C12H19N5S/c1-9(17-6-2-3-7-17)8-16-12-10(11(13)18)14-4-5-15-12/h4-5,9H,2-3,6-8H2,1H3,(H2,13,18)(H,15,16). The minimum Gasteiger partial charge on any atom is -0.388 e. The minimum absolute atomic E-state index is 0.277. The van der Waals surface area contributed by atoms with Crippen LogP contribution in [0.25, 0.3) is 0 Å². The van der Waals surface area contributed by atoms with E-state index in [-0.39, 0.29) is 4.99 Å². The first-order valence-corrected chi connectivity index (χ1v) is 6.68. The number of hydrogen-bond donors (Lipinski definition) is 2. The molecule has 2 heterocycles. The van der Waals surface area contributed by atoms with Crippen molar-refractivity contribution in [1.29, 1.82) is 0 Å². The van der Waals surface area contributed by atoms with Gasteiger partial charge in [-0.15, -0.1) is 0 Å². The van der Waals surface area contributed by atoms with Gasteiger partial charge in [-0.05, 0) is 32.9 Å². The molecule has 2 rings (SSSR count). The van der Waals surface area contributed by atoms with Gasteiger partial charge in [-0.2, -0.15) is 0 Å². The van der Waals surface area contributed by atoms with Crippen LogP contribution in [0.3, 0.4) is 0 Å². The van der Waals surface area contributed by atoms with Crippen LogP contribution in [0.5, 0.6) is 0 Å². The van der Waals surface area contributed by atoms with Gasteiger partial charge in [-0.25, -0.2) is 9.97 Å². The van der Waals surface area contributed by atoms with Crippen LogP contribution in [0, 0.1) is 0 Å². The van der Waals surface area contributed by atoms with Crippen molar-refractivity contribution in [3.8, 4) is 0 Å². The molecule has 3 N–H and O–H groups in total. The summed E-state index contributed by atoms with van der Waals surface area (Å²) in [6, 6.07) is 0.480. The van der Waals surface area contributed by atoms with Crippen molar-refractivity contribution >= 4 is 23.0 Å². The smallest absolute Gasteiger partial charge is 0.155 e. The summed E-state index contributed by atoms with van der Waals surface area (Å²) in [5.74, 6) is 0.677. The van der Waals surface area contributed by atoms with E-state index in [2.05, 4.69) is 27.1 Å². The Bertz CT molecular complexity index is 417. The average Bonchev–Trinajstić information content (AvgIpc) is 2.90. The Hall–Kier alpha value is -1.27. The molecule has 18 heavy (non-hydrogen) atoms. The van der Waals surface area contributed by atoms with E-state index in [1.54, 1.807) is 12.4 Å². The fourth-order valence-corrected chi connectivity index (χ4v) is 2.35. The van der Waals surface area contributed by atoms with Crippen molar-refractivity contribution in [3.05, 3.63) is 18.1 Å². The highest BCUT2D eigenvalue weighted by molar-refractivity contribution is 7.80. The second-order valence-electron chi connectivity index (χ2n) is 4.59. The van der Waals surface area contributed by atoms with Crippen molar-refractivity contribution in [2.24, 2.45) is 5.73 Å². The van der Waals surface area contributed by atoms with Crippen molar-refractivity contribution in [1.82, 2.24) is 14.9 Å². The Morgan fingerprint density at radius 2 is 2.11 bits per heavy atom. The number of nitrogens with zero attached hydrogens (tertiary/aromatic N) is 3. The van der Waals surface area contributed by atoms with Crippen molar-refractivity contribution in [2.75, 3.05) is 25.0 Å². The molecule has 0 aliphatic carbocycles. The number of thiocarbonyl (C=S) groups is 1. The molecule has 0 radical (unpaired) electrons. The largest absolute Gasteiger partial charge is 0.388 e. The molecule has 0 bridgehead atoms. The quantitative estimate of drug-likeness (QED) is 0.775. The van der Waals surface area contributed by atoms with Crippen molar-refractivity contribution < 1.29 is 0 Å². The second-order valence-corrected chi connectivity index (χ2v) is 5.03. The molecule has 1 atom stereocenters. The predicted molar refractivity (Wildman–Crippen MR) is 76.7 cm³/mol. The maximum atomic E-state index is 5.62. The number of likely N-dealkylation sites (tertiary alicyclic amines) is 1. The van der Waals surface area contributed by atoms with Gasteiger partial charge in [0.15, 0.2) is 5.82 Å². The van der Waals surface area contributed by atoms with E-state index in [0.717, 1.165) is 6.54 Å². The molecule has 0 amide bonds. The summed E-state index contributed by atoms with van der Waals surface area (Å²) in [4.78, 5) is 11.1. The lowest BCUT2D eigenvalue weighted by atomic mass is 10.3. The highest BCUT2D eigenvalue weighted by atomic mass is 32.1. The molecule has 1 aliphatic heterocycles. The van der Waals surface area contributed by atoms with E-state index in [9.17, 15) is 0 Å². The van der Waals surface area contributed by atoms with Crippen molar-refractivity contribution in [2.45, 2.75) is 25.8 Å². The number of anilines is 1. The van der Waals surface area contributed by atoms with Crippen LogP contribution in [0.15, 0.2) is 12.4 Å². The monoisotopic (exact) mass is 265 g/mol. The summed E-state index contributed by atoms with van der Waals surface area (Å²) in [5, 5.41) is 3.29. The van der Waals surface area contributed by atoms with Crippen LogP contribution in [0.1, 0.15) is 25.5 Å². The van der Waals surface area contributed by atoms with E-state index < -0.39 is 0 Å². The maximum Gasteiger partial charge on any atom is 0.155 e. The third kappa shape index (κ3) is 3.14. The fraction of sp³-hybridized carbons (Fsp3) is 0.583. The van der Waals surface area contributed by atoms with Crippen LogP contribution >= 0.6 is 12.2 Å². The third-order valence-corrected chi connectivity index (χ3v) is 3.45. The third-order valence-electron chi connectivity index (χ3n) is 3.26. The van der Waals surface area contributed by atoms with Gasteiger partial charge < -0.3 is 11.1 Å². The molecular weight excluding hydrogens is 246 g/mol. The first-order valence-electron chi connectivity index (χ1n) is 6.27. The summed E-state index contributed by atoms with van der Waals surface area (Å²) in [5.41, 5.74) is 6.19. The number of nitrogens with two attached hydrogens (primary N) is 1. The Morgan fingerprint density at radius 1 is 1.44 bits per heavy atom. The summed E-state index contributed by atoms with van der Waals surface area (Å²) in [7, 11) is 0. The van der Waals surface area contributed by atoms with Crippen LogP contribution in [-0.2, 0) is 0 Å². The van der Waals surface area contributed by atoms with Crippen LogP contribution < -0.4 is 11.1 Å². The second kappa shape index (κ2) is 6.06. The zero-order valence-electron chi connectivity index (χ0n) is 10.6. The molecule has 0 saturated carbocycles.